The molecule has 0 aromatic heterocycles. The highest BCUT2D eigenvalue weighted by molar-refractivity contribution is 5.89. The van der Waals surface area contributed by atoms with Gasteiger partial charge in [-0.2, -0.15) is 0 Å². The molecule has 342 valence electrons. The lowest BCUT2D eigenvalue weighted by atomic mass is 9.44. The Balaban J connectivity index is 1.57. The molecule has 2 aliphatic heterocycles. The van der Waals surface area contributed by atoms with E-state index in [4.69, 9.17) is 37.9 Å². The summed E-state index contributed by atoms with van der Waals surface area (Å²) in [5, 5.41) is 28.1. The molecular formula is C46H63NO15. The molecule has 3 N–H and O–H groups in total. The maximum atomic E-state index is 14.4. The summed E-state index contributed by atoms with van der Waals surface area (Å²) >= 11 is 0. The van der Waals surface area contributed by atoms with Crippen molar-refractivity contribution >= 4 is 30.0 Å². The topological polar surface area (TPSA) is 212 Å². The van der Waals surface area contributed by atoms with Crippen LogP contribution in [0.5, 0.6) is 0 Å². The molecule has 1 aromatic rings. The van der Waals surface area contributed by atoms with Crippen LogP contribution in [0.2, 0.25) is 0 Å². The van der Waals surface area contributed by atoms with Crippen molar-refractivity contribution in [3.63, 3.8) is 0 Å². The van der Waals surface area contributed by atoms with E-state index in [2.05, 4.69) is 11.9 Å². The molecule has 2 saturated heterocycles. The van der Waals surface area contributed by atoms with E-state index in [1.54, 1.807) is 71.9 Å². The smallest absolute Gasteiger partial charge is 0.407 e. The van der Waals surface area contributed by atoms with E-state index < -0.39 is 125 Å². The SMILES string of the molecule is C=CC1O[C@H]2CC3OC[C@@]3(OC(C)=O)C3C(OC(=O)c4ccccc4)[C@]4(O)C[C@H](OC(=O)[C@H](O)[C@H](CC(C)C)NC(=O)OC(C)(C)C)C(C)=C([C@H](OC(C)=O)[C@H](O1)[C@@]32C)C4(C)C. The number of fused-ring (bicyclic) bond motifs is 4. The number of carbonyl (C=O) groups is 5. The van der Waals surface area contributed by atoms with Crippen molar-refractivity contribution in [2.75, 3.05) is 6.61 Å². The number of alkyl carbamates (subject to hydrolysis) is 1. The standard InChI is InChI=1S/C46H63NO15/c1-13-32-58-30-20-31-45(22-55-31,61-26(6)49)36-38(60-39(51)27-17-15-14-16-18-27)46(54)21-29(57-40(52)34(50)28(19-23(2)3)47-41(53)62-42(7,8)9)24(4)33(43(46,10)11)35(56-25(5)48)37(59-32)44(30,36)12/h13-18,23,28-32,34-38,50,54H,1,19-22H2,2-12H3,(H,47,53)/t28-,29-,30-,31?,32?,34+,35-,36?,37-,38?,44+,45-,46+/m0/s1. The van der Waals surface area contributed by atoms with Crippen LogP contribution in [0.3, 0.4) is 0 Å². The van der Waals surface area contributed by atoms with Crippen LogP contribution < -0.4 is 5.32 Å². The van der Waals surface area contributed by atoms with Crippen LogP contribution in [0, 0.1) is 22.7 Å². The molecule has 2 heterocycles. The Morgan fingerprint density at radius 2 is 1.65 bits per heavy atom. The largest absolute Gasteiger partial charge is 0.456 e. The van der Waals surface area contributed by atoms with E-state index in [0.717, 1.165) is 0 Å². The molecule has 2 bridgehead atoms. The maximum absolute atomic E-state index is 14.4. The second-order valence-electron chi connectivity index (χ2n) is 19.5. The van der Waals surface area contributed by atoms with E-state index in [-0.39, 0.29) is 30.9 Å². The summed E-state index contributed by atoms with van der Waals surface area (Å²) in [6, 6.07) is 7.04. The summed E-state index contributed by atoms with van der Waals surface area (Å²) in [6.07, 6.45) is -9.36. The van der Waals surface area contributed by atoms with Crippen LogP contribution in [0.25, 0.3) is 0 Å². The minimum Gasteiger partial charge on any atom is -0.456 e. The first-order valence-corrected chi connectivity index (χ1v) is 21.3. The molecule has 6 rings (SSSR count). The molecule has 0 spiro atoms. The predicted octanol–water partition coefficient (Wildman–Crippen LogP) is 4.87. The van der Waals surface area contributed by atoms with Gasteiger partial charge in [0.15, 0.2) is 24.1 Å². The van der Waals surface area contributed by atoms with Crippen molar-refractivity contribution in [2.24, 2.45) is 22.7 Å². The Morgan fingerprint density at radius 1 is 0.984 bits per heavy atom. The average molecular weight is 870 g/mol. The number of benzene rings is 1. The fourth-order valence-corrected chi connectivity index (χ4v) is 10.7. The Morgan fingerprint density at radius 3 is 2.19 bits per heavy atom. The third kappa shape index (κ3) is 8.28. The van der Waals surface area contributed by atoms with Gasteiger partial charge in [-0.05, 0) is 69.4 Å². The number of esters is 4. The Hall–Kier alpha value is -4.35. The van der Waals surface area contributed by atoms with Gasteiger partial charge in [-0.1, -0.05) is 59.4 Å². The Bertz CT molecular complexity index is 1960. The molecule has 4 unspecified atom stereocenters. The molecule has 1 aromatic carbocycles. The van der Waals surface area contributed by atoms with Crippen LogP contribution in [0.15, 0.2) is 54.1 Å². The zero-order chi connectivity index (χ0) is 45.9. The summed E-state index contributed by atoms with van der Waals surface area (Å²) in [7, 11) is 0. The minimum atomic E-state index is -2.23. The van der Waals surface area contributed by atoms with Crippen LogP contribution in [-0.4, -0.2) is 119 Å². The molecular weight excluding hydrogens is 806 g/mol. The van der Waals surface area contributed by atoms with Crippen LogP contribution in [0.1, 0.15) is 106 Å². The normalized spacial score (nSPS) is 35.5. The van der Waals surface area contributed by atoms with Gasteiger partial charge >= 0.3 is 30.0 Å². The first-order chi connectivity index (χ1) is 28.8. The van der Waals surface area contributed by atoms with Crippen molar-refractivity contribution < 1.29 is 72.1 Å². The molecule has 16 nitrogen and oxygen atoms in total. The highest BCUT2D eigenvalue weighted by Crippen LogP contribution is 2.67. The van der Waals surface area contributed by atoms with E-state index in [0.29, 0.717) is 11.1 Å². The first kappa shape index (κ1) is 47.1. The van der Waals surface area contributed by atoms with Crippen molar-refractivity contribution in [3.05, 3.63) is 59.7 Å². The number of aliphatic hydroxyl groups excluding tert-OH is 1. The average Bonchev–Trinajstić information content (AvgIpc) is 3.15. The van der Waals surface area contributed by atoms with Gasteiger partial charge in [0, 0.05) is 37.5 Å². The molecule has 5 aliphatic rings. The van der Waals surface area contributed by atoms with E-state index >= 15 is 0 Å². The highest BCUT2D eigenvalue weighted by atomic mass is 16.7. The minimum absolute atomic E-state index is 0.0926. The second-order valence-corrected chi connectivity index (χ2v) is 19.5. The molecule has 16 heteroatoms. The number of hydrogen-bond donors (Lipinski definition) is 3. The molecule has 0 radical (unpaired) electrons. The number of aliphatic hydroxyl groups is 2. The third-order valence-corrected chi connectivity index (χ3v) is 13.4. The van der Waals surface area contributed by atoms with Gasteiger partial charge in [-0.15, -0.1) is 0 Å². The number of nitrogens with one attached hydrogen (secondary N) is 1. The van der Waals surface area contributed by atoms with Gasteiger partial charge in [0.25, 0.3) is 0 Å². The summed E-state index contributed by atoms with van der Waals surface area (Å²) in [6.45, 7) is 21.9. The summed E-state index contributed by atoms with van der Waals surface area (Å²) in [4.78, 5) is 68.1. The van der Waals surface area contributed by atoms with Crippen molar-refractivity contribution in [1.82, 2.24) is 5.32 Å². The molecule has 4 fully saturated rings. The Labute approximate surface area is 362 Å². The van der Waals surface area contributed by atoms with Crippen LogP contribution >= 0.6 is 0 Å². The zero-order valence-electron chi connectivity index (χ0n) is 37.6. The van der Waals surface area contributed by atoms with Gasteiger partial charge in [-0.25, -0.2) is 14.4 Å². The highest BCUT2D eigenvalue weighted by Gasteiger charge is 2.79. The van der Waals surface area contributed by atoms with Gasteiger partial charge in [0.05, 0.1) is 30.2 Å². The third-order valence-electron chi connectivity index (χ3n) is 13.4. The van der Waals surface area contributed by atoms with Gasteiger partial charge in [0.2, 0.25) is 0 Å². The molecule has 62 heavy (non-hydrogen) atoms. The number of ether oxygens (including phenoxy) is 8. The van der Waals surface area contributed by atoms with Crippen LogP contribution in [-0.2, 0) is 52.3 Å². The molecule has 2 saturated carbocycles. The molecule has 3 aliphatic carbocycles. The van der Waals surface area contributed by atoms with Gasteiger partial charge < -0.3 is 53.4 Å². The van der Waals surface area contributed by atoms with Gasteiger partial charge in [-0.3, -0.25) is 9.59 Å². The van der Waals surface area contributed by atoms with Crippen molar-refractivity contribution in [2.45, 2.75) is 167 Å². The number of amides is 1. The number of rotatable bonds is 11. The lowest BCUT2D eigenvalue weighted by Gasteiger charge is -2.71. The van der Waals surface area contributed by atoms with E-state index in [9.17, 15) is 34.2 Å². The van der Waals surface area contributed by atoms with E-state index in [1.807, 2.05) is 20.8 Å². The number of hydrogen-bond acceptors (Lipinski definition) is 15. The Kier molecular flexibility index (Phi) is 12.9. The summed E-state index contributed by atoms with van der Waals surface area (Å²) in [5.41, 5.74) is -6.65. The first-order valence-electron chi connectivity index (χ1n) is 21.3. The van der Waals surface area contributed by atoms with Crippen LogP contribution in [0.4, 0.5) is 4.79 Å². The van der Waals surface area contributed by atoms with Crippen molar-refractivity contribution in [3.8, 4) is 0 Å². The monoisotopic (exact) mass is 869 g/mol. The molecule has 13 atom stereocenters. The van der Waals surface area contributed by atoms with E-state index in [1.165, 1.54) is 19.9 Å². The fraction of sp³-hybridized carbons (Fsp3) is 0.674. The van der Waals surface area contributed by atoms with Gasteiger partial charge in [0.1, 0.15) is 35.6 Å². The quantitative estimate of drug-likeness (QED) is 0.154. The second kappa shape index (κ2) is 17.0. The zero-order valence-corrected chi connectivity index (χ0v) is 37.6. The fourth-order valence-electron chi connectivity index (χ4n) is 10.7. The summed E-state index contributed by atoms with van der Waals surface area (Å²) < 4.78 is 50.2. The number of carbonyl (C=O) groups excluding carboxylic acids is 5. The predicted molar refractivity (Wildman–Crippen MR) is 220 cm³/mol. The lowest BCUT2D eigenvalue weighted by molar-refractivity contribution is -0.405. The molecule has 1 amide bonds. The van der Waals surface area contributed by atoms with Crippen molar-refractivity contribution in [1.29, 1.82) is 0 Å². The lowest BCUT2D eigenvalue weighted by Crippen LogP contribution is -2.83. The summed E-state index contributed by atoms with van der Waals surface area (Å²) in [5.74, 6) is -4.57. The maximum Gasteiger partial charge on any atom is 0.407 e.